The zero-order valence-corrected chi connectivity index (χ0v) is 7.52. The van der Waals surface area contributed by atoms with Crippen LogP contribution in [0, 0.1) is 6.92 Å². The first-order valence-corrected chi connectivity index (χ1v) is 4.01. The quantitative estimate of drug-likeness (QED) is 0.598. The van der Waals surface area contributed by atoms with Gasteiger partial charge in [-0.1, -0.05) is 41.4 Å². The standard InChI is InChI=1S/C10H11Cl/c1-8-4-3-5-10(6-8)9(2)7-11/h3-7H,1-2H3/b9-7+. The molecule has 0 radical (unpaired) electrons. The lowest BCUT2D eigenvalue weighted by molar-refractivity contribution is 1.44. The van der Waals surface area contributed by atoms with E-state index in [4.69, 9.17) is 11.6 Å². The molecule has 0 aromatic heterocycles. The Morgan fingerprint density at radius 2 is 2.18 bits per heavy atom. The van der Waals surface area contributed by atoms with E-state index < -0.39 is 0 Å². The van der Waals surface area contributed by atoms with Gasteiger partial charge >= 0.3 is 0 Å². The molecule has 1 rings (SSSR count). The van der Waals surface area contributed by atoms with Gasteiger partial charge in [-0.05, 0) is 25.0 Å². The van der Waals surface area contributed by atoms with Gasteiger partial charge in [0.2, 0.25) is 0 Å². The second kappa shape index (κ2) is 3.59. The Kier molecular flexibility index (Phi) is 2.72. The minimum Gasteiger partial charge on any atom is -0.0926 e. The van der Waals surface area contributed by atoms with E-state index in [0.717, 1.165) is 5.57 Å². The zero-order chi connectivity index (χ0) is 8.27. The maximum absolute atomic E-state index is 5.58. The molecule has 0 aliphatic carbocycles. The summed E-state index contributed by atoms with van der Waals surface area (Å²) in [6.45, 7) is 4.08. The molecule has 58 valence electrons. The lowest BCUT2D eigenvalue weighted by atomic mass is 10.1. The molecule has 11 heavy (non-hydrogen) atoms. The van der Waals surface area contributed by atoms with Crippen LogP contribution in [0.1, 0.15) is 18.1 Å². The van der Waals surface area contributed by atoms with Gasteiger partial charge in [-0.25, -0.2) is 0 Å². The molecule has 0 atom stereocenters. The fraction of sp³-hybridized carbons (Fsp3) is 0.200. The number of aryl methyl sites for hydroxylation is 1. The third kappa shape index (κ3) is 2.09. The highest BCUT2D eigenvalue weighted by molar-refractivity contribution is 6.28. The average Bonchev–Trinajstić information content (AvgIpc) is 2.03. The van der Waals surface area contributed by atoms with Crippen LogP contribution < -0.4 is 0 Å². The monoisotopic (exact) mass is 166 g/mol. The summed E-state index contributed by atoms with van der Waals surface area (Å²) in [6.07, 6.45) is 0. The Hall–Kier alpha value is -0.750. The number of hydrogen-bond donors (Lipinski definition) is 0. The molecule has 1 aromatic rings. The third-order valence-corrected chi connectivity index (χ3v) is 1.96. The largest absolute Gasteiger partial charge is 0.0926 e. The van der Waals surface area contributed by atoms with Crippen LogP contribution in [0.15, 0.2) is 29.8 Å². The van der Waals surface area contributed by atoms with Crippen molar-refractivity contribution in [3.63, 3.8) is 0 Å². The van der Waals surface area contributed by atoms with Gasteiger partial charge in [0.05, 0.1) is 0 Å². The van der Waals surface area contributed by atoms with Crippen LogP contribution in [0.4, 0.5) is 0 Å². The number of hydrogen-bond acceptors (Lipinski definition) is 0. The lowest BCUT2D eigenvalue weighted by Crippen LogP contribution is -1.78. The minimum absolute atomic E-state index is 1.11. The molecule has 0 saturated heterocycles. The predicted octanol–water partition coefficient (Wildman–Crippen LogP) is 3.59. The normalized spacial score (nSPS) is 11.7. The van der Waals surface area contributed by atoms with Crippen LogP contribution in [0.25, 0.3) is 5.57 Å². The Bertz CT molecular complexity index is 274. The molecule has 0 bridgehead atoms. The van der Waals surface area contributed by atoms with Gasteiger partial charge in [-0.2, -0.15) is 0 Å². The first kappa shape index (κ1) is 8.35. The van der Waals surface area contributed by atoms with Gasteiger partial charge in [0.25, 0.3) is 0 Å². The van der Waals surface area contributed by atoms with E-state index in [2.05, 4.69) is 25.1 Å². The van der Waals surface area contributed by atoms with E-state index >= 15 is 0 Å². The van der Waals surface area contributed by atoms with Crippen LogP contribution >= 0.6 is 11.6 Å². The SMILES string of the molecule is C/C(=C\Cl)c1cccc(C)c1. The van der Waals surface area contributed by atoms with E-state index in [1.54, 1.807) is 5.54 Å². The van der Waals surface area contributed by atoms with E-state index in [0.29, 0.717) is 0 Å². The van der Waals surface area contributed by atoms with Crippen LogP contribution in [-0.4, -0.2) is 0 Å². The first-order chi connectivity index (χ1) is 5.24. The van der Waals surface area contributed by atoms with Gasteiger partial charge in [-0.3, -0.25) is 0 Å². The second-order valence-electron chi connectivity index (χ2n) is 2.66. The fourth-order valence-electron chi connectivity index (χ4n) is 0.953. The summed E-state index contributed by atoms with van der Waals surface area (Å²) in [6, 6.07) is 8.29. The summed E-state index contributed by atoms with van der Waals surface area (Å²) in [5.41, 5.74) is 5.17. The highest BCUT2D eigenvalue weighted by Crippen LogP contribution is 2.15. The predicted molar refractivity (Wildman–Crippen MR) is 50.7 cm³/mol. The van der Waals surface area contributed by atoms with E-state index in [1.807, 2.05) is 13.0 Å². The van der Waals surface area contributed by atoms with Crippen LogP contribution in [0.2, 0.25) is 0 Å². The Labute approximate surface area is 72.5 Å². The summed E-state index contributed by atoms with van der Waals surface area (Å²) < 4.78 is 0. The second-order valence-corrected chi connectivity index (χ2v) is 2.88. The smallest absolute Gasteiger partial charge is 0.00777 e. The van der Waals surface area contributed by atoms with Crippen molar-refractivity contribution in [2.24, 2.45) is 0 Å². The molecule has 0 nitrogen and oxygen atoms in total. The van der Waals surface area contributed by atoms with Gasteiger partial charge in [0.1, 0.15) is 0 Å². The van der Waals surface area contributed by atoms with Crippen molar-refractivity contribution in [2.75, 3.05) is 0 Å². The molecule has 0 fully saturated rings. The highest BCUT2D eigenvalue weighted by Gasteiger charge is 1.93. The van der Waals surface area contributed by atoms with Gasteiger partial charge in [-0.15, -0.1) is 0 Å². The molecule has 0 heterocycles. The zero-order valence-electron chi connectivity index (χ0n) is 6.76. The maximum atomic E-state index is 5.58. The van der Waals surface area contributed by atoms with Crippen molar-refractivity contribution in [3.8, 4) is 0 Å². The van der Waals surface area contributed by atoms with Crippen LogP contribution in [-0.2, 0) is 0 Å². The number of benzene rings is 1. The molecule has 0 N–H and O–H groups in total. The van der Waals surface area contributed by atoms with Gasteiger partial charge in [0.15, 0.2) is 0 Å². The molecule has 1 heteroatoms. The van der Waals surface area contributed by atoms with Crippen molar-refractivity contribution < 1.29 is 0 Å². The summed E-state index contributed by atoms with van der Waals surface area (Å²) in [4.78, 5) is 0. The van der Waals surface area contributed by atoms with E-state index in [9.17, 15) is 0 Å². The van der Waals surface area contributed by atoms with Crippen molar-refractivity contribution in [1.82, 2.24) is 0 Å². The summed E-state index contributed by atoms with van der Waals surface area (Å²) in [5.74, 6) is 0. The maximum Gasteiger partial charge on any atom is 0.00777 e. The minimum atomic E-state index is 1.11. The number of halogens is 1. The van der Waals surface area contributed by atoms with Gasteiger partial charge < -0.3 is 0 Å². The van der Waals surface area contributed by atoms with Crippen LogP contribution in [0.3, 0.4) is 0 Å². The third-order valence-electron chi connectivity index (χ3n) is 1.64. The van der Waals surface area contributed by atoms with Crippen LogP contribution in [0.5, 0.6) is 0 Å². The molecular formula is C10H11Cl. The summed E-state index contributed by atoms with van der Waals surface area (Å²) in [5, 5.41) is 0. The van der Waals surface area contributed by atoms with Crippen molar-refractivity contribution >= 4 is 17.2 Å². The molecule has 0 aliphatic heterocycles. The Balaban J connectivity index is 3.06. The molecule has 0 aliphatic rings. The first-order valence-electron chi connectivity index (χ1n) is 3.58. The Morgan fingerprint density at radius 3 is 2.73 bits per heavy atom. The van der Waals surface area contributed by atoms with E-state index in [1.165, 1.54) is 11.1 Å². The fourth-order valence-corrected chi connectivity index (χ4v) is 1.08. The number of rotatable bonds is 1. The van der Waals surface area contributed by atoms with Crippen molar-refractivity contribution in [2.45, 2.75) is 13.8 Å². The molecule has 0 saturated carbocycles. The molecule has 1 aromatic carbocycles. The van der Waals surface area contributed by atoms with E-state index in [-0.39, 0.29) is 0 Å². The summed E-state index contributed by atoms with van der Waals surface area (Å²) in [7, 11) is 0. The topological polar surface area (TPSA) is 0 Å². The summed E-state index contributed by atoms with van der Waals surface area (Å²) >= 11 is 5.58. The highest BCUT2D eigenvalue weighted by atomic mass is 35.5. The number of allylic oxidation sites excluding steroid dienone is 1. The molecule has 0 amide bonds. The van der Waals surface area contributed by atoms with Gasteiger partial charge in [0, 0.05) is 5.54 Å². The molecule has 0 spiro atoms. The lowest BCUT2D eigenvalue weighted by Gasteiger charge is -1.99. The molecule has 0 unspecified atom stereocenters. The average molecular weight is 167 g/mol. The Morgan fingerprint density at radius 1 is 1.45 bits per heavy atom. The molecular weight excluding hydrogens is 156 g/mol. The van der Waals surface area contributed by atoms with Crippen molar-refractivity contribution in [3.05, 3.63) is 40.9 Å². The van der Waals surface area contributed by atoms with Crippen molar-refractivity contribution in [1.29, 1.82) is 0 Å².